The van der Waals surface area contributed by atoms with Crippen LogP contribution in [0.2, 0.25) is 0 Å². The molecule has 3 rings (SSSR count). The van der Waals surface area contributed by atoms with Gasteiger partial charge in [-0.25, -0.2) is 8.42 Å². The van der Waals surface area contributed by atoms with Gasteiger partial charge in [-0.2, -0.15) is 0 Å². The van der Waals surface area contributed by atoms with E-state index in [2.05, 4.69) is 5.32 Å². The van der Waals surface area contributed by atoms with Crippen LogP contribution in [0.25, 0.3) is 0 Å². The molecule has 8 heteroatoms. The number of hydrogen-bond acceptors (Lipinski definition) is 5. The maximum atomic E-state index is 13.4. The van der Waals surface area contributed by atoms with Gasteiger partial charge in [0.2, 0.25) is 5.91 Å². The van der Waals surface area contributed by atoms with Gasteiger partial charge in [0.25, 0.3) is 10.0 Å². The Hall–Kier alpha value is -3.52. The number of benzene rings is 3. The first-order chi connectivity index (χ1) is 16.8. The van der Waals surface area contributed by atoms with Gasteiger partial charge in [0.15, 0.2) is 0 Å². The van der Waals surface area contributed by atoms with E-state index >= 15 is 0 Å². The number of amides is 1. The molecule has 3 aromatic rings. The Morgan fingerprint density at radius 3 is 2.14 bits per heavy atom. The second kappa shape index (κ2) is 12.3. The summed E-state index contributed by atoms with van der Waals surface area (Å²) in [5.41, 5.74) is 2.57. The van der Waals surface area contributed by atoms with Gasteiger partial charge in [0.05, 0.1) is 24.3 Å². The third-order valence-electron chi connectivity index (χ3n) is 5.46. The summed E-state index contributed by atoms with van der Waals surface area (Å²) < 4.78 is 38.6. The minimum Gasteiger partial charge on any atom is -0.497 e. The highest BCUT2D eigenvalue weighted by molar-refractivity contribution is 7.92. The molecule has 0 aliphatic heterocycles. The number of anilines is 1. The predicted octanol–water partition coefficient (Wildman–Crippen LogP) is 4.35. The van der Waals surface area contributed by atoms with Gasteiger partial charge in [0, 0.05) is 6.54 Å². The van der Waals surface area contributed by atoms with E-state index < -0.39 is 10.0 Å². The molecule has 0 saturated heterocycles. The van der Waals surface area contributed by atoms with Crippen LogP contribution in [0.4, 0.5) is 5.69 Å². The quantitative estimate of drug-likeness (QED) is 0.377. The number of aryl methyl sites for hydroxylation is 2. The van der Waals surface area contributed by atoms with Gasteiger partial charge in [0.1, 0.15) is 18.0 Å². The predicted molar refractivity (Wildman–Crippen MR) is 138 cm³/mol. The van der Waals surface area contributed by atoms with Crippen LogP contribution in [-0.2, 0) is 21.2 Å². The summed E-state index contributed by atoms with van der Waals surface area (Å²) in [6.45, 7) is 4.61. The van der Waals surface area contributed by atoms with Crippen LogP contribution < -0.4 is 19.1 Å². The van der Waals surface area contributed by atoms with Gasteiger partial charge < -0.3 is 14.8 Å². The largest absolute Gasteiger partial charge is 0.497 e. The van der Waals surface area contributed by atoms with Crippen LogP contribution in [0.3, 0.4) is 0 Å². The molecule has 7 nitrogen and oxygen atoms in total. The zero-order valence-electron chi connectivity index (χ0n) is 20.4. The van der Waals surface area contributed by atoms with E-state index in [-0.39, 0.29) is 17.3 Å². The number of rotatable bonds is 12. The fraction of sp³-hybridized carbons (Fsp3) is 0.296. The number of methoxy groups -OCH3 is 1. The van der Waals surface area contributed by atoms with Crippen molar-refractivity contribution in [3.05, 3.63) is 83.9 Å². The standard InChI is InChI=1S/C27H32N2O5S/c1-4-34-25-13-9-22(10-14-25)6-5-19-28-27(30)20-29(23-11-7-21(2)8-12-23)35(31,32)26-17-15-24(33-3)16-18-26/h7-18H,4-6,19-20H2,1-3H3,(H,28,30). The average Bonchev–Trinajstić information content (AvgIpc) is 2.87. The van der Waals surface area contributed by atoms with Crippen LogP contribution in [0.1, 0.15) is 24.5 Å². The first-order valence-electron chi connectivity index (χ1n) is 11.6. The molecule has 0 aromatic heterocycles. The lowest BCUT2D eigenvalue weighted by atomic mass is 10.1. The minimum absolute atomic E-state index is 0.0853. The van der Waals surface area contributed by atoms with Gasteiger partial charge in [-0.05, 0) is 80.8 Å². The highest BCUT2D eigenvalue weighted by Gasteiger charge is 2.27. The monoisotopic (exact) mass is 496 g/mol. The van der Waals surface area contributed by atoms with Crippen LogP contribution in [0, 0.1) is 6.92 Å². The summed E-state index contributed by atoms with van der Waals surface area (Å²) in [6.07, 6.45) is 1.52. The Bertz CT molecular complexity index is 1190. The molecule has 1 N–H and O–H groups in total. The molecule has 0 heterocycles. The van der Waals surface area contributed by atoms with E-state index in [1.807, 2.05) is 50.2 Å². The zero-order valence-corrected chi connectivity index (χ0v) is 21.2. The molecule has 35 heavy (non-hydrogen) atoms. The molecule has 1 amide bonds. The van der Waals surface area contributed by atoms with Crippen molar-refractivity contribution in [2.75, 3.05) is 31.1 Å². The first-order valence-corrected chi connectivity index (χ1v) is 13.0. The normalized spacial score (nSPS) is 11.1. The van der Waals surface area contributed by atoms with E-state index in [1.165, 1.54) is 19.2 Å². The SMILES string of the molecule is CCOc1ccc(CCCNC(=O)CN(c2ccc(C)cc2)S(=O)(=O)c2ccc(OC)cc2)cc1. The minimum atomic E-state index is -3.96. The van der Waals surface area contributed by atoms with E-state index in [4.69, 9.17) is 9.47 Å². The smallest absolute Gasteiger partial charge is 0.264 e. The van der Waals surface area contributed by atoms with Crippen molar-refractivity contribution in [1.29, 1.82) is 0 Å². The second-order valence-corrected chi connectivity index (χ2v) is 9.92. The Kier molecular flexibility index (Phi) is 9.14. The molecule has 0 saturated carbocycles. The second-order valence-electron chi connectivity index (χ2n) is 8.05. The van der Waals surface area contributed by atoms with Crippen molar-refractivity contribution < 1.29 is 22.7 Å². The third kappa shape index (κ3) is 7.23. The highest BCUT2D eigenvalue weighted by atomic mass is 32.2. The number of sulfonamides is 1. The molecule has 0 aliphatic rings. The van der Waals surface area contributed by atoms with Gasteiger partial charge in [-0.15, -0.1) is 0 Å². The summed E-state index contributed by atoms with van der Waals surface area (Å²) in [6, 6.07) is 21.0. The number of carbonyl (C=O) groups excluding carboxylic acids is 1. The van der Waals surface area contributed by atoms with Crippen molar-refractivity contribution in [1.82, 2.24) is 5.32 Å². The fourth-order valence-corrected chi connectivity index (χ4v) is 4.95. The molecule has 0 unspecified atom stereocenters. The molecule has 0 spiro atoms. The zero-order chi connectivity index (χ0) is 25.3. The van der Waals surface area contributed by atoms with E-state index in [9.17, 15) is 13.2 Å². The summed E-state index contributed by atoms with van der Waals surface area (Å²) >= 11 is 0. The molecule has 0 aliphatic carbocycles. The van der Waals surface area contributed by atoms with Crippen LogP contribution in [0.5, 0.6) is 11.5 Å². The molecule has 0 fully saturated rings. The molecule has 0 bridgehead atoms. The summed E-state index contributed by atoms with van der Waals surface area (Å²) in [5, 5.41) is 2.85. The van der Waals surface area contributed by atoms with Gasteiger partial charge >= 0.3 is 0 Å². The van der Waals surface area contributed by atoms with E-state index in [1.54, 1.807) is 24.3 Å². The molecular formula is C27H32N2O5S. The maximum Gasteiger partial charge on any atom is 0.264 e. The van der Waals surface area contributed by atoms with Crippen molar-refractivity contribution in [2.45, 2.75) is 31.6 Å². The fourth-order valence-electron chi connectivity index (χ4n) is 3.53. The topological polar surface area (TPSA) is 84.9 Å². The van der Waals surface area contributed by atoms with Crippen LogP contribution >= 0.6 is 0 Å². The molecule has 0 radical (unpaired) electrons. The summed E-state index contributed by atoms with van der Waals surface area (Å²) in [4.78, 5) is 12.8. The Morgan fingerprint density at radius 2 is 1.54 bits per heavy atom. The van der Waals surface area contributed by atoms with Crippen molar-refractivity contribution >= 4 is 21.6 Å². The van der Waals surface area contributed by atoms with Crippen molar-refractivity contribution in [2.24, 2.45) is 0 Å². The summed E-state index contributed by atoms with van der Waals surface area (Å²) in [7, 11) is -2.45. The Morgan fingerprint density at radius 1 is 0.914 bits per heavy atom. The summed E-state index contributed by atoms with van der Waals surface area (Å²) in [5.74, 6) is 1.02. The Labute approximate surface area is 207 Å². The number of hydrogen-bond donors (Lipinski definition) is 1. The molecule has 0 atom stereocenters. The number of ether oxygens (including phenoxy) is 2. The van der Waals surface area contributed by atoms with Gasteiger partial charge in [-0.3, -0.25) is 9.10 Å². The number of nitrogens with one attached hydrogen (secondary N) is 1. The number of nitrogens with zero attached hydrogens (tertiary/aromatic N) is 1. The van der Waals surface area contributed by atoms with E-state index in [0.29, 0.717) is 24.6 Å². The molecule has 3 aromatic carbocycles. The lowest BCUT2D eigenvalue weighted by molar-refractivity contribution is -0.119. The number of carbonyl (C=O) groups is 1. The van der Waals surface area contributed by atoms with E-state index in [0.717, 1.165) is 34.0 Å². The van der Waals surface area contributed by atoms with Gasteiger partial charge in [-0.1, -0.05) is 29.8 Å². The maximum absolute atomic E-state index is 13.4. The lowest BCUT2D eigenvalue weighted by Crippen LogP contribution is -2.41. The molecule has 186 valence electrons. The highest BCUT2D eigenvalue weighted by Crippen LogP contribution is 2.25. The molecular weight excluding hydrogens is 464 g/mol. The van der Waals surface area contributed by atoms with Crippen LogP contribution in [0.15, 0.2) is 77.7 Å². The third-order valence-corrected chi connectivity index (χ3v) is 7.24. The Balaban J connectivity index is 1.65. The van der Waals surface area contributed by atoms with Crippen LogP contribution in [-0.4, -0.2) is 41.1 Å². The lowest BCUT2D eigenvalue weighted by Gasteiger charge is -2.24. The average molecular weight is 497 g/mol. The van der Waals surface area contributed by atoms with Crippen molar-refractivity contribution in [3.63, 3.8) is 0 Å². The first kappa shape index (κ1) is 26.1. The van der Waals surface area contributed by atoms with Crippen molar-refractivity contribution in [3.8, 4) is 11.5 Å².